The van der Waals surface area contributed by atoms with Crippen molar-refractivity contribution in [2.45, 2.75) is 12.8 Å². The van der Waals surface area contributed by atoms with Crippen LogP contribution < -0.4 is 5.73 Å². The van der Waals surface area contributed by atoms with Gasteiger partial charge in [0.25, 0.3) is 0 Å². The number of nitrogen functional groups attached to an aromatic ring is 1. The zero-order chi connectivity index (χ0) is 10.7. The summed E-state index contributed by atoms with van der Waals surface area (Å²) in [5.41, 5.74) is 6.70. The normalized spacial score (nSPS) is 10.5. The molecule has 2 rings (SSSR count). The van der Waals surface area contributed by atoms with Gasteiger partial charge in [-0.2, -0.15) is 0 Å². The highest BCUT2D eigenvalue weighted by Gasteiger charge is 2.06. The quantitative estimate of drug-likeness (QED) is 0.942. The summed E-state index contributed by atoms with van der Waals surface area (Å²) in [7, 11) is 0. The number of pyridine rings is 1. The smallest absolute Gasteiger partial charge is 0.181 e. The molecular weight excluding hydrogens is 274 g/mol. The summed E-state index contributed by atoms with van der Waals surface area (Å²) in [5, 5.41) is 0.609. The van der Waals surface area contributed by atoms with Gasteiger partial charge in [-0.05, 0) is 40.9 Å². The minimum absolute atomic E-state index is 0.609. The Kier molecular flexibility index (Phi) is 3.33. The van der Waals surface area contributed by atoms with Crippen molar-refractivity contribution in [1.29, 1.82) is 0 Å². The summed E-state index contributed by atoms with van der Waals surface area (Å²) in [6.45, 7) is 0. The first-order valence-corrected chi connectivity index (χ1v) is 6.17. The fourth-order valence-corrected chi connectivity index (χ4v) is 2.76. The van der Waals surface area contributed by atoms with E-state index < -0.39 is 0 Å². The Morgan fingerprint density at radius 2 is 2.20 bits per heavy atom. The third kappa shape index (κ3) is 2.76. The molecule has 0 spiro atoms. The molecule has 0 unspecified atom stereocenters. The summed E-state index contributed by atoms with van der Waals surface area (Å²) in [6.07, 6.45) is 3.65. The van der Waals surface area contributed by atoms with Crippen LogP contribution in [0.15, 0.2) is 29.0 Å². The summed E-state index contributed by atoms with van der Waals surface area (Å²) in [6, 6.07) is 5.95. The van der Waals surface area contributed by atoms with Crippen molar-refractivity contribution >= 4 is 32.4 Å². The molecule has 0 aromatic carbocycles. The first-order chi connectivity index (χ1) is 7.25. The summed E-state index contributed by atoms with van der Waals surface area (Å²) < 4.78 is 0.862. The van der Waals surface area contributed by atoms with Gasteiger partial charge < -0.3 is 5.73 Å². The van der Waals surface area contributed by atoms with Crippen molar-refractivity contribution < 1.29 is 0 Å². The Morgan fingerprint density at radius 3 is 2.80 bits per heavy atom. The van der Waals surface area contributed by atoms with Gasteiger partial charge in [0.2, 0.25) is 0 Å². The molecule has 0 aliphatic rings. The number of anilines is 1. The van der Waals surface area contributed by atoms with Crippen molar-refractivity contribution in [1.82, 2.24) is 9.97 Å². The number of hydrogen-bond donors (Lipinski definition) is 1. The SMILES string of the molecule is Nc1nc(Br)c(CCc2ccccn2)s1. The van der Waals surface area contributed by atoms with Gasteiger partial charge in [-0.25, -0.2) is 4.98 Å². The number of hydrogen-bond acceptors (Lipinski definition) is 4. The maximum Gasteiger partial charge on any atom is 0.181 e. The summed E-state index contributed by atoms with van der Waals surface area (Å²) in [4.78, 5) is 9.56. The number of nitrogens with zero attached hydrogens (tertiary/aromatic N) is 2. The van der Waals surface area contributed by atoms with E-state index >= 15 is 0 Å². The van der Waals surface area contributed by atoms with Crippen LogP contribution in [-0.2, 0) is 12.8 Å². The first-order valence-electron chi connectivity index (χ1n) is 4.56. The zero-order valence-electron chi connectivity index (χ0n) is 7.98. The number of aromatic nitrogens is 2. The lowest BCUT2D eigenvalue weighted by Crippen LogP contribution is -1.92. The van der Waals surface area contributed by atoms with Gasteiger partial charge in [-0.15, -0.1) is 11.3 Å². The van der Waals surface area contributed by atoms with E-state index in [9.17, 15) is 0 Å². The van der Waals surface area contributed by atoms with Crippen molar-refractivity contribution in [2.75, 3.05) is 5.73 Å². The number of aryl methyl sites for hydroxylation is 2. The molecule has 0 saturated carbocycles. The number of thiazole rings is 1. The van der Waals surface area contributed by atoms with E-state index in [0.717, 1.165) is 23.1 Å². The maximum atomic E-state index is 5.61. The van der Waals surface area contributed by atoms with E-state index in [-0.39, 0.29) is 0 Å². The maximum absolute atomic E-state index is 5.61. The van der Waals surface area contributed by atoms with E-state index in [0.29, 0.717) is 5.13 Å². The third-order valence-corrected chi connectivity index (χ3v) is 3.86. The highest BCUT2D eigenvalue weighted by Crippen LogP contribution is 2.26. The lowest BCUT2D eigenvalue weighted by molar-refractivity contribution is 0.921. The van der Waals surface area contributed by atoms with Crippen LogP contribution in [0.1, 0.15) is 10.6 Å². The van der Waals surface area contributed by atoms with E-state index in [4.69, 9.17) is 5.73 Å². The minimum atomic E-state index is 0.609. The van der Waals surface area contributed by atoms with Gasteiger partial charge in [0, 0.05) is 16.8 Å². The number of nitrogens with two attached hydrogens (primary N) is 1. The van der Waals surface area contributed by atoms with Crippen LogP contribution in [0.5, 0.6) is 0 Å². The topological polar surface area (TPSA) is 51.8 Å². The molecule has 0 amide bonds. The second-order valence-electron chi connectivity index (χ2n) is 3.09. The van der Waals surface area contributed by atoms with Crippen LogP contribution in [0.3, 0.4) is 0 Å². The molecule has 78 valence electrons. The fourth-order valence-electron chi connectivity index (χ4n) is 1.29. The predicted octanol–water partition coefficient (Wildman–Crippen LogP) is 2.67. The van der Waals surface area contributed by atoms with Gasteiger partial charge in [-0.3, -0.25) is 4.98 Å². The van der Waals surface area contributed by atoms with Crippen LogP contribution in [0, 0.1) is 0 Å². The molecule has 0 atom stereocenters. The van der Waals surface area contributed by atoms with Gasteiger partial charge in [0.05, 0.1) is 0 Å². The number of halogens is 1. The van der Waals surface area contributed by atoms with Gasteiger partial charge in [0.15, 0.2) is 5.13 Å². The van der Waals surface area contributed by atoms with E-state index in [2.05, 4.69) is 25.9 Å². The van der Waals surface area contributed by atoms with Crippen molar-refractivity contribution in [3.05, 3.63) is 39.6 Å². The van der Waals surface area contributed by atoms with Crippen molar-refractivity contribution in [3.8, 4) is 0 Å². The lowest BCUT2D eigenvalue weighted by atomic mass is 10.2. The molecule has 2 heterocycles. The predicted molar refractivity (Wildman–Crippen MR) is 65.9 cm³/mol. The molecule has 3 nitrogen and oxygen atoms in total. The van der Waals surface area contributed by atoms with Gasteiger partial charge in [-0.1, -0.05) is 6.07 Å². The molecule has 0 radical (unpaired) electrons. The van der Waals surface area contributed by atoms with E-state index in [1.54, 1.807) is 0 Å². The van der Waals surface area contributed by atoms with E-state index in [1.165, 1.54) is 16.2 Å². The average Bonchev–Trinajstić information content (AvgIpc) is 2.56. The van der Waals surface area contributed by atoms with Crippen LogP contribution in [0.4, 0.5) is 5.13 Å². The molecule has 2 N–H and O–H groups in total. The van der Waals surface area contributed by atoms with Crippen LogP contribution in [0.25, 0.3) is 0 Å². The van der Waals surface area contributed by atoms with Gasteiger partial charge >= 0.3 is 0 Å². The molecule has 2 aromatic rings. The van der Waals surface area contributed by atoms with Crippen LogP contribution in [0.2, 0.25) is 0 Å². The average molecular weight is 284 g/mol. The standard InChI is InChI=1S/C10H10BrN3S/c11-9-8(15-10(12)14-9)5-4-7-3-1-2-6-13-7/h1-3,6H,4-5H2,(H2,12,14). The second-order valence-corrected chi connectivity index (χ2v) is 4.95. The molecule has 15 heavy (non-hydrogen) atoms. The third-order valence-electron chi connectivity index (χ3n) is 2.00. The van der Waals surface area contributed by atoms with Gasteiger partial charge in [0.1, 0.15) is 4.60 Å². The molecule has 2 aromatic heterocycles. The van der Waals surface area contributed by atoms with Crippen molar-refractivity contribution in [2.24, 2.45) is 0 Å². The van der Waals surface area contributed by atoms with Crippen LogP contribution >= 0.6 is 27.3 Å². The second kappa shape index (κ2) is 4.72. The largest absolute Gasteiger partial charge is 0.375 e. The minimum Gasteiger partial charge on any atom is -0.375 e. The molecule has 5 heteroatoms. The molecule has 0 aliphatic carbocycles. The molecular formula is C10H10BrN3S. The Labute approximate surface area is 101 Å². The van der Waals surface area contributed by atoms with Crippen LogP contribution in [-0.4, -0.2) is 9.97 Å². The summed E-state index contributed by atoms with van der Waals surface area (Å²) in [5.74, 6) is 0. The fraction of sp³-hybridized carbons (Fsp3) is 0.200. The van der Waals surface area contributed by atoms with Crippen molar-refractivity contribution in [3.63, 3.8) is 0 Å². The molecule has 0 fully saturated rings. The Balaban J connectivity index is 2.02. The highest BCUT2D eigenvalue weighted by atomic mass is 79.9. The molecule has 0 aliphatic heterocycles. The molecule has 0 bridgehead atoms. The number of rotatable bonds is 3. The van der Waals surface area contributed by atoms with E-state index in [1.807, 2.05) is 24.4 Å². The monoisotopic (exact) mass is 283 g/mol. The zero-order valence-corrected chi connectivity index (χ0v) is 10.4. The Hall–Kier alpha value is -0.940. The Morgan fingerprint density at radius 1 is 1.33 bits per heavy atom. The Bertz CT molecular complexity index is 441. The lowest BCUT2D eigenvalue weighted by Gasteiger charge is -1.97. The summed E-state index contributed by atoms with van der Waals surface area (Å²) >= 11 is 4.92. The molecule has 0 saturated heterocycles. The highest BCUT2D eigenvalue weighted by molar-refractivity contribution is 9.10. The first kappa shape index (κ1) is 10.6.